The number of nitrogens with zero attached hydrogens (tertiary/aromatic N) is 2. The average molecular weight is 681 g/mol. The van der Waals surface area contributed by atoms with Crippen molar-refractivity contribution in [3.63, 3.8) is 0 Å². The van der Waals surface area contributed by atoms with Gasteiger partial charge in [-0.2, -0.15) is 0 Å². The van der Waals surface area contributed by atoms with Crippen LogP contribution in [0.3, 0.4) is 0 Å². The molecular weight excluding hydrogens is 621 g/mol. The van der Waals surface area contributed by atoms with Crippen molar-refractivity contribution in [2.75, 3.05) is 0 Å². The minimum Gasteiger partial charge on any atom is -0.454 e. The Hall–Kier alpha value is -6.84. The van der Waals surface area contributed by atoms with Crippen molar-refractivity contribution in [2.24, 2.45) is 0 Å². The van der Waals surface area contributed by atoms with Crippen LogP contribution in [0, 0.1) is 0 Å². The van der Waals surface area contributed by atoms with Gasteiger partial charge in [0.15, 0.2) is 5.58 Å². The van der Waals surface area contributed by atoms with E-state index in [0.717, 1.165) is 9.13 Å². The summed E-state index contributed by atoms with van der Waals surface area (Å²) in [6, 6.07) is -27.9. The van der Waals surface area contributed by atoms with E-state index in [2.05, 4.69) is 0 Å². The molecule has 3 heterocycles. The zero-order valence-electron chi connectivity index (χ0n) is 55.3. The number of para-hydroxylation sites is 4. The number of benzene rings is 8. The van der Waals surface area contributed by atoms with Gasteiger partial charge in [-0.3, -0.25) is 0 Å². The summed E-state index contributed by atoms with van der Waals surface area (Å²) in [5.41, 5.74) is -8.69. The number of fused-ring (bicyclic) bond motifs is 9. The van der Waals surface area contributed by atoms with E-state index < -0.39 is 280 Å². The normalized spacial score (nSPS) is 20.2. The molecule has 3 nitrogen and oxygen atoms in total. The molecule has 0 aliphatic rings. The number of hydrogen-bond acceptors (Lipinski definition) is 1. The van der Waals surface area contributed by atoms with Gasteiger partial charge >= 0.3 is 0 Å². The maximum Gasteiger partial charge on any atom is 0.160 e. The van der Waals surface area contributed by atoms with E-state index in [1.165, 1.54) is 0 Å². The Bertz CT molecular complexity index is 4820. The van der Waals surface area contributed by atoms with Crippen molar-refractivity contribution in [3.8, 4) is 33.6 Å². The first-order valence-electron chi connectivity index (χ1n) is 30.0. The molecule has 0 aliphatic heterocycles. The summed E-state index contributed by atoms with van der Waals surface area (Å²) >= 11 is 0. The highest BCUT2D eigenvalue weighted by Gasteiger charge is 2.21. The molecule has 238 valence electrons. The largest absolute Gasteiger partial charge is 0.454 e. The lowest BCUT2D eigenvalue weighted by Crippen LogP contribution is -1.95. The van der Waals surface area contributed by atoms with E-state index in [4.69, 9.17) is 31.8 Å². The highest BCUT2D eigenvalue weighted by Crippen LogP contribution is 2.43. The quantitative estimate of drug-likeness (QED) is 0.181. The standard InChI is InChI=1S/C48H30N2O/c1-3-13-31(14-4-1)35-25-28-45(48-47(35)38-19-9-12-22-46(38)51-48)50-42-21-11-8-18-37(42)40-30-33(24-27-44(40)50)32-23-26-43-39(29-32)36-17-7-10-20-41(36)49(43)34-15-5-2-6-16-34/h1-30H/i1D,2D,3D,4D,5D,6D,7D,8D,9D,10D,11D,12D,13D,14D,15D,16D,17D,18D,19D,20D,21D,22D,23D,24D,25D,26D,27D,28D,29D,30D. The van der Waals surface area contributed by atoms with Gasteiger partial charge in [-0.15, -0.1) is 0 Å². The first-order chi connectivity index (χ1) is 37.8. The van der Waals surface area contributed by atoms with Crippen molar-refractivity contribution < 1.29 is 45.5 Å². The van der Waals surface area contributed by atoms with Crippen LogP contribution in [0.4, 0.5) is 0 Å². The molecule has 0 atom stereocenters. The van der Waals surface area contributed by atoms with Gasteiger partial charge in [-0.1, -0.05) is 121 Å². The van der Waals surface area contributed by atoms with Crippen molar-refractivity contribution in [3.05, 3.63) is 181 Å². The van der Waals surface area contributed by atoms with Gasteiger partial charge in [0.05, 0.1) is 68.9 Å². The summed E-state index contributed by atoms with van der Waals surface area (Å²) in [6.07, 6.45) is 0. The molecular formula is C48H30N2O. The smallest absolute Gasteiger partial charge is 0.160 e. The van der Waals surface area contributed by atoms with Gasteiger partial charge in [0.25, 0.3) is 0 Å². The van der Waals surface area contributed by atoms with Gasteiger partial charge < -0.3 is 13.6 Å². The number of rotatable bonds is 4. The minimum absolute atomic E-state index is 0.545. The van der Waals surface area contributed by atoms with Crippen LogP contribution in [-0.4, -0.2) is 9.13 Å². The lowest BCUT2D eigenvalue weighted by molar-refractivity contribution is 0.666. The highest BCUT2D eigenvalue weighted by atomic mass is 16.3. The van der Waals surface area contributed by atoms with Crippen LogP contribution in [0.25, 0.3) is 99.2 Å². The van der Waals surface area contributed by atoms with E-state index in [-0.39, 0.29) is 0 Å². The molecule has 8 aromatic carbocycles. The maximum atomic E-state index is 9.98. The van der Waals surface area contributed by atoms with E-state index in [0.29, 0.717) is 0 Å². The van der Waals surface area contributed by atoms with Crippen LogP contribution in [0.15, 0.2) is 186 Å². The zero-order chi connectivity index (χ0) is 59.6. The third kappa shape index (κ3) is 4.12. The number of aromatic nitrogens is 2. The summed E-state index contributed by atoms with van der Waals surface area (Å²) < 4.78 is 278. The Labute approximate surface area is 336 Å². The molecule has 51 heavy (non-hydrogen) atoms. The Balaban J connectivity index is 1.37. The molecule has 11 rings (SSSR count). The van der Waals surface area contributed by atoms with Crippen LogP contribution < -0.4 is 0 Å². The molecule has 11 aromatic rings. The highest BCUT2D eigenvalue weighted by molar-refractivity contribution is 6.17. The van der Waals surface area contributed by atoms with Crippen LogP contribution in [0.2, 0.25) is 0 Å². The Morgan fingerprint density at radius 2 is 0.922 bits per heavy atom. The first-order valence-corrected chi connectivity index (χ1v) is 15.0. The van der Waals surface area contributed by atoms with Crippen LogP contribution in [0.1, 0.15) is 41.1 Å². The molecule has 3 aromatic heterocycles. The molecule has 0 radical (unpaired) electrons. The second-order valence-electron chi connectivity index (χ2n) is 11.0. The lowest BCUT2D eigenvalue weighted by atomic mass is 9.98. The fraction of sp³-hybridized carbons (Fsp3) is 0. The summed E-state index contributed by atoms with van der Waals surface area (Å²) in [4.78, 5) is 0. The van der Waals surface area contributed by atoms with Crippen LogP contribution in [0.5, 0.6) is 0 Å². The Morgan fingerprint density at radius 1 is 0.392 bits per heavy atom. The van der Waals surface area contributed by atoms with Crippen LogP contribution >= 0.6 is 0 Å². The molecule has 3 heteroatoms. The SMILES string of the molecule is [2H]c1c([2H])c([2H])c(-c2c([2H])c([2H])c(-n3c4c([2H])c([2H])c([2H])c([2H])c4c4c([2H])c(-c5c([2H])c([2H])c6c(c5[2H])c5c([2H])c([2H])c([2H])c([2H])c5n6-c5c([2H])c([2H])c([2H])c([2H])c5[2H])c([2H])c([2H])c43)c3oc4c([2H])c([2H])c([2H])c([2H])c4c23)c([2H])c1[2H]. The van der Waals surface area contributed by atoms with E-state index in [1.54, 1.807) is 0 Å². The van der Waals surface area contributed by atoms with Crippen molar-refractivity contribution >= 4 is 65.6 Å². The van der Waals surface area contributed by atoms with Gasteiger partial charge in [-0.05, 0) is 82.7 Å². The van der Waals surface area contributed by atoms with Crippen LogP contribution in [-0.2, 0) is 0 Å². The predicted molar refractivity (Wildman–Crippen MR) is 213 cm³/mol. The monoisotopic (exact) mass is 680 g/mol. The molecule has 0 spiro atoms. The first kappa shape index (κ1) is 11.6. The van der Waals surface area contributed by atoms with Crippen molar-refractivity contribution in [2.45, 2.75) is 0 Å². The molecule has 0 N–H and O–H groups in total. The van der Waals surface area contributed by atoms with Crippen molar-refractivity contribution in [1.82, 2.24) is 9.13 Å². The molecule has 0 saturated carbocycles. The molecule has 0 aliphatic carbocycles. The molecule has 0 saturated heterocycles. The van der Waals surface area contributed by atoms with Gasteiger partial charge in [-0.25, -0.2) is 0 Å². The lowest BCUT2D eigenvalue weighted by Gasteiger charge is -2.12. The third-order valence-corrected chi connectivity index (χ3v) is 8.35. The molecule has 0 unspecified atom stereocenters. The molecule has 0 amide bonds. The second kappa shape index (κ2) is 10.8. The average Bonchev–Trinajstić information content (AvgIpc) is 3.19. The van der Waals surface area contributed by atoms with Crippen molar-refractivity contribution in [1.29, 1.82) is 0 Å². The predicted octanol–water partition coefficient (Wildman–Crippen LogP) is 13.1. The minimum atomic E-state index is -1.09. The van der Waals surface area contributed by atoms with Gasteiger partial charge in [0.1, 0.15) is 5.58 Å². The Kier molecular flexibility index (Phi) is 2.47. The fourth-order valence-corrected chi connectivity index (χ4v) is 6.27. The number of furan rings is 1. The summed E-state index contributed by atoms with van der Waals surface area (Å²) in [7, 11) is 0. The second-order valence-corrected chi connectivity index (χ2v) is 11.0. The topological polar surface area (TPSA) is 23.0 Å². The summed E-state index contributed by atoms with van der Waals surface area (Å²) in [5.74, 6) is 0. The number of hydrogen-bond donors (Lipinski definition) is 0. The van der Waals surface area contributed by atoms with E-state index in [1.807, 2.05) is 0 Å². The van der Waals surface area contributed by atoms with E-state index >= 15 is 0 Å². The summed E-state index contributed by atoms with van der Waals surface area (Å²) in [6.45, 7) is 0. The summed E-state index contributed by atoms with van der Waals surface area (Å²) in [5, 5.41) is -3.61. The molecule has 0 bridgehead atoms. The zero-order valence-corrected chi connectivity index (χ0v) is 25.3. The van der Waals surface area contributed by atoms with E-state index in [9.17, 15) is 13.7 Å². The van der Waals surface area contributed by atoms with Gasteiger partial charge in [0, 0.05) is 38.0 Å². The Morgan fingerprint density at radius 3 is 1.61 bits per heavy atom. The molecule has 0 fully saturated rings. The fourth-order valence-electron chi connectivity index (χ4n) is 6.27. The maximum absolute atomic E-state index is 9.98. The van der Waals surface area contributed by atoms with Gasteiger partial charge in [0.2, 0.25) is 0 Å². The third-order valence-electron chi connectivity index (χ3n) is 8.35.